The van der Waals surface area contributed by atoms with Crippen molar-refractivity contribution < 1.29 is 4.79 Å². The molecule has 0 bridgehead atoms. The highest BCUT2D eigenvalue weighted by Gasteiger charge is 2.36. The first kappa shape index (κ1) is 22.4. The van der Waals surface area contributed by atoms with Crippen molar-refractivity contribution in [1.29, 1.82) is 0 Å². The first-order valence-corrected chi connectivity index (χ1v) is 12.1. The average molecular weight is 502 g/mol. The molecule has 1 fully saturated rings. The SMILES string of the molecule is CN1CNc2nc(N)nc(N3CCCC3c3cc4cccc(Cl)c4c(=O)n3-c3ccccc3)c2C1=O. The molecular formula is C26H24ClN7O2. The van der Waals surface area contributed by atoms with Gasteiger partial charge in [-0.25, -0.2) is 0 Å². The molecule has 36 heavy (non-hydrogen) atoms. The number of amides is 1. The van der Waals surface area contributed by atoms with Gasteiger partial charge >= 0.3 is 0 Å². The molecule has 4 aromatic rings. The highest BCUT2D eigenvalue weighted by Crippen LogP contribution is 2.40. The van der Waals surface area contributed by atoms with Crippen molar-refractivity contribution in [2.75, 3.05) is 36.2 Å². The normalized spacial score (nSPS) is 17.4. The Morgan fingerprint density at radius 1 is 1.08 bits per heavy atom. The second-order valence-electron chi connectivity index (χ2n) is 9.07. The molecule has 1 atom stereocenters. The van der Waals surface area contributed by atoms with Crippen LogP contribution in [0.5, 0.6) is 0 Å². The van der Waals surface area contributed by atoms with Crippen molar-refractivity contribution >= 4 is 45.9 Å². The molecule has 2 aromatic heterocycles. The first-order valence-electron chi connectivity index (χ1n) is 11.8. The Kier molecular flexibility index (Phi) is 5.30. The van der Waals surface area contributed by atoms with E-state index < -0.39 is 0 Å². The van der Waals surface area contributed by atoms with Crippen LogP contribution in [-0.4, -0.2) is 45.6 Å². The average Bonchev–Trinajstić information content (AvgIpc) is 3.36. The summed E-state index contributed by atoms with van der Waals surface area (Å²) in [4.78, 5) is 39.5. The van der Waals surface area contributed by atoms with Crippen LogP contribution in [0.25, 0.3) is 16.5 Å². The van der Waals surface area contributed by atoms with E-state index in [2.05, 4.69) is 20.2 Å². The van der Waals surface area contributed by atoms with Gasteiger partial charge in [-0.3, -0.25) is 14.2 Å². The second kappa shape index (κ2) is 8.53. The molecule has 9 nitrogen and oxygen atoms in total. The van der Waals surface area contributed by atoms with E-state index >= 15 is 0 Å². The van der Waals surface area contributed by atoms with Gasteiger partial charge in [-0.2, -0.15) is 9.97 Å². The summed E-state index contributed by atoms with van der Waals surface area (Å²) in [6.07, 6.45) is 1.63. The van der Waals surface area contributed by atoms with E-state index in [-0.39, 0.29) is 23.5 Å². The maximum absolute atomic E-state index is 13.9. The van der Waals surface area contributed by atoms with Crippen molar-refractivity contribution in [1.82, 2.24) is 19.4 Å². The number of para-hydroxylation sites is 1. The monoisotopic (exact) mass is 501 g/mol. The van der Waals surface area contributed by atoms with E-state index in [1.54, 1.807) is 22.6 Å². The minimum absolute atomic E-state index is 0.0880. The predicted molar refractivity (Wildman–Crippen MR) is 141 cm³/mol. The number of nitrogens with two attached hydrogens (primary N) is 1. The van der Waals surface area contributed by atoms with Crippen molar-refractivity contribution in [3.05, 3.63) is 81.2 Å². The standard InChI is InChI=1S/C26H24ClN7O2/c1-32-14-29-22-21(24(32)35)23(31-26(28)30-22)33-12-6-11-18(33)19-13-15-7-5-10-17(27)20(15)25(36)34(19)16-8-3-2-4-9-16/h2-5,7-10,13,18H,6,11-12,14H2,1H3,(H3,28,29,30,31). The van der Waals surface area contributed by atoms with E-state index in [1.807, 2.05) is 48.5 Å². The number of rotatable bonds is 3. The third-order valence-electron chi connectivity index (χ3n) is 6.86. The van der Waals surface area contributed by atoms with E-state index in [9.17, 15) is 9.59 Å². The molecule has 0 radical (unpaired) electrons. The van der Waals surface area contributed by atoms with Crippen LogP contribution in [0.3, 0.4) is 0 Å². The van der Waals surface area contributed by atoms with Gasteiger partial charge in [0.15, 0.2) is 0 Å². The summed E-state index contributed by atoms with van der Waals surface area (Å²) < 4.78 is 1.72. The molecule has 2 aliphatic rings. The van der Waals surface area contributed by atoms with Gasteiger partial charge in [0.1, 0.15) is 17.2 Å². The lowest BCUT2D eigenvalue weighted by Crippen LogP contribution is -2.40. The summed E-state index contributed by atoms with van der Waals surface area (Å²) >= 11 is 6.48. The molecule has 4 heterocycles. The zero-order valence-electron chi connectivity index (χ0n) is 19.6. The van der Waals surface area contributed by atoms with Crippen LogP contribution >= 0.6 is 11.6 Å². The number of nitrogens with one attached hydrogen (secondary N) is 1. The van der Waals surface area contributed by atoms with Gasteiger partial charge in [-0.15, -0.1) is 0 Å². The fourth-order valence-electron chi connectivity index (χ4n) is 5.21. The predicted octanol–water partition coefficient (Wildman–Crippen LogP) is 3.81. The summed E-state index contributed by atoms with van der Waals surface area (Å²) in [7, 11) is 1.72. The maximum Gasteiger partial charge on any atom is 0.264 e. The van der Waals surface area contributed by atoms with Crippen molar-refractivity contribution in [3.8, 4) is 5.69 Å². The van der Waals surface area contributed by atoms with Crippen molar-refractivity contribution in [3.63, 3.8) is 0 Å². The number of benzene rings is 2. The summed E-state index contributed by atoms with van der Waals surface area (Å²) in [5, 5.41) is 4.81. The number of aromatic nitrogens is 3. The Balaban J connectivity index is 1.59. The van der Waals surface area contributed by atoms with E-state index in [0.29, 0.717) is 40.8 Å². The molecule has 0 saturated carbocycles. The summed E-state index contributed by atoms with van der Waals surface area (Å²) in [6.45, 7) is 0.991. The molecule has 1 unspecified atom stereocenters. The Bertz CT molecular complexity index is 1570. The van der Waals surface area contributed by atoms with Crippen LogP contribution in [0, 0.1) is 0 Å². The molecule has 0 aliphatic carbocycles. The Morgan fingerprint density at radius 3 is 2.69 bits per heavy atom. The van der Waals surface area contributed by atoms with Crippen molar-refractivity contribution in [2.24, 2.45) is 0 Å². The highest BCUT2D eigenvalue weighted by molar-refractivity contribution is 6.35. The molecule has 2 aromatic carbocycles. The lowest BCUT2D eigenvalue weighted by Gasteiger charge is -2.33. The molecule has 1 saturated heterocycles. The lowest BCUT2D eigenvalue weighted by molar-refractivity contribution is 0.0796. The van der Waals surface area contributed by atoms with Crippen LogP contribution < -0.4 is 21.5 Å². The van der Waals surface area contributed by atoms with Gasteiger partial charge in [0.2, 0.25) is 5.95 Å². The van der Waals surface area contributed by atoms with Gasteiger partial charge in [0, 0.05) is 25.0 Å². The fourth-order valence-corrected chi connectivity index (χ4v) is 5.47. The summed E-state index contributed by atoms with van der Waals surface area (Å²) in [6, 6.07) is 16.8. The lowest BCUT2D eigenvalue weighted by atomic mass is 10.0. The quantitative estimate of drug-likeness (QED) is 0.439. The molecule has 2 aliphatic heterocycles. The van der Waals surface area contributed by atoms with Crippen LogP contribution in [0.1, 0.15) is 34.9 Å². The van der Waals surface area contributed by atoms with E-state index in [1.165, 1.54) is 0 Å². The number of carbonyl (C=O) groups is 1. The highest BCUT2D eigenvalue weighted by atomic mass is 35.5. The second-order valence-corrected chi connectivity index (χ2v) is 9.48. The van der Waals surface area contributed by atoms with Crippen LogP contribution in [-0.2, 0) is 0 Å². The van der Waals surface area contributed by atoms with E-state index in [0.717, 1.165) is 29.6 Å². The van der Waals surface area contributed by atoms with Crippen molar-refractivity contribution in [2.45, 2.75) is 18.9 Å². The molecular weight excluding hydrogens is 478 g/mol. The molecule has 3 N–H and O–H groups in total. The number of fused-ring (bicyclic) bond motifs is 2. The fraction of sp³-hybridized carbons (Fsp3) is 0.231. The Labute approximate surface area is 212 Å². The number of hydrogen-bond donors (Lipinski definition) is 2. The third-order valence-corrected chi connectivity index (χ3v) is 7.17. The topological polar surface area (TPSA) is 109 Å². The molecule has 182 valence electrons. The number of hydrogen-bond acceptors (Lipinski definition) is 7. The van der Waals surface area contributed by atoms with Gasteiger partial charge in [0.05, 0.1) is 23.1 Å². The molecule has 10 heteroatoms. The van der Waals surface area contributed by atoms with Crippen LogP contribution in [0.4, 0.5) is 17.6 Å². The largest absolute Gasteiger partial charge is 0.368 e. The van der Waals surface area contributed by atoms with Gasteiger partial charge < -0.3 is 20.9 Å². The third kappa shape index (κ3) is 3.46. The van der Waals surface area contributed by atoms with E-state index in [4.69, 9.17) is 17.3 Å². The zero-order chi connectivity index (χ0) is 25.0. The zero-order valence-corrected chi connectivity index (χ0v) is 20.4. The van der Waals surface area contributed by atoms with Gasteiger partial charge in [-0.05, 0) is 42.5 Å². The number of nitrogens with zero attached hydrogens (tertiary/aromatic N) is 5. The first-order chi connectivity index (χ1) is 17.4. The Hall–Kier alpha value is -4.11. The summed E-state index contributed by atoms with van der Waals surface area (Å²) in [5.41, 5.74) is 7.81. The molecule has 0 spiro atoms. The van der Waals surface area contributed by atoms with Gasteiger partial charge in [-0.1, -0.05) is 41.9 Å². The minimum Gasteiger partial charge on any atom is -0.368 e. The van der Waals surface area contributed by atoms with Crippen LogP contribution in [0.15, 0.2) is 59.4 Å². The smallest absolute Gasteiger partial charge is 0.264 e. The number of anilines is 3. The summed E-state index contributed by atoms with van der Waals surface area (Å²) in [5.74, 6) is 0.819. The number of carbonyl (C=O) groups excluding carboxylic acids is 1. The van der Waals surface area contributed by atoms with Gasteiger partial charge in [0.25, 0.3) is 11.5 Å². The Morgan fingerprint density at radius 2 is 1.89 bits per heavy atom. The number of nitrogen functional groups attached to an aromatic ring is 1. The van der Waals surface area contributed by atoms with Crippen LogP contribution in [0.2, 0.25) is 5.02 Å². The molecule has 6 rings (SSSR count). The number of halogens is 1. The molecule has 1 amide bonds. The maximum atomic E-state index is 13.9. The number of pyridine rings is 1. The minimum atomic E-state index is -0.222.